The second-order valence-corrected chi connectivity index (χ2v) is 8.17. The highest BCUT2D eigenvalue weighted by Gasteiger charge is 2.15. The fourth-order valence-corrected chi connectivity index (χ4v) is 3.35. The average Bonchev–Trinajstić information content (AvgIpc) is 2.68. The molecule has 29 heavy (non-hydrogen) atoms. The monoisotopic (exact) mass is 391 g/mol. The summed E-state index contributed by atoms with van der Waals surface area (Å²) in [5.41, 5.74) is 5.25. The molecule has 0 saturated heterocycles. The third kappa shape index (κ3) is 6.74. The molecule has 0 aliphatic heterocycles. The Morgan fingerprint density at radius 2 is 1.69 bits per heavy atom. The van der Waals surface area contributed by atoms with Gasteiger partial charge in [-0.05, 0) is 75.3 Å². The lowest BCUT2D eigenvalue weighted by molar-refractivity contribution is 0.602. The summed E-state index contributed by atoms with van der Waals surface area (Å²) in [5.74, 6) is 0.269. The Morgan fingerprint density at radius 1 is 1.03 bits per heavy atom. The van der Waals surface area contributed by atoms with Crippen LogP contribution < -0.4 is 4.90 Å². The molecule has 2 heteroatoms. The van der Waals surface area contributed by atoms with Gasteiger partial charge in [-0.15, -0.1) is 6.58 Å². The zero-order valence-electron chi connectivity index (χ0n) is 18.3. The largest absolute Gasteiger partial charge is 0.345 e. The van der Waals surface area contributed by atoms with Crippen molar-refractivity contribution in [2.24, 2.45) is 5.92 Å². The zero-order chi connectivity index (χ0) is 21.4. The Kier molecular flexibility index (Phi) is 8.45. The molecular weight excluding hydrogens is 357 g/mol. The molecule has 0 fully saturated rings. The standard InChI is InChI=1S/C27H34FN/c1-20(2)10-9-11-22(5)18-19-29(21(3)4)27-13-8-7-12-26(27)23(6)24-14-16-25(28)17-15-24/h7-8,12-19,21-22H,1,6,9-11H2,2-5H3/b19-18+. The van der Waals surface area contributed by atoms with Gasteiger partial charge in [-0.3, -0.25) is 0 Å². The summed E-state index contributed by atoms with van der Waals surface area (Å²) >= 11 is 0. The van der Waals surface area contributed by atoms with Crippen LogP contribution in [0.3, 0.4) is 0 Å². The Balaban J connectivity index is 2.25. The number of hydrogen-bond acceptors (Lipinski definition) is 1. The van der Waals surface area contributed by atoms with Crippen LogP contribution in [0.1, 0.15) is 58.1 Å². The first-order valence-electron chi connectivity index (χ1n) is 10.4. The van der Waals surface area contributed by atoms with Crippen molar-refractivity contribution in [3.05, 3.63) is 96.5 Å². The molecule has 1 unspecified atom stereocenters. The smallest absolute Gasteiger partial charge is 0.123 e. The lowest BCUT2D eigenvalue weighted by Crippen LogP contribution is -2.26. The van der Waals surface area contributed by atoms with Gasteiger partial charge in [0.1, 0.15) is 5.82 Å². The van der Waals surface area contributed by atoms with Crippen molar-refractivity contribution < 1.29 is 4.39 Å². The van der Waals surface area contributed by atoms with Gasteiger partial charge in [0.05, 0.1) is 0 Å². The minimum atomic E-state index is -0.234. The lowest BCUT2D eigenvalue weighted by atomic mass is 9.97. The highest BCUT2D eigenvalue weighted by atomic mass is 19.1. The topological polar surface area (TPSA) is 3.24 Å². The van der Waals surface area contributed by atoms with Crippen LogP contribution in [-0.2, 0) is 0 Å². The molecule has 0 heterocycles. The Labute approximate surface area is 176 Å². The van der Waals surface area contributed by atoms with Crippen LogP contribution >= 0.6 is 0 Å². The third-order valence-corrected chi connectivity index (χ3v) is 5.09. The maximum absolute atomic E-state index is 13.3. The Bertz CT molecular complexity index is 845. The quantitative estimate of drug-likeness (QED) is 0.371. The van der Waals surface area contributed by atoms with E-state index in [1.54, 1.807) is 12.1 Å². The number of allylic oxidation sites excluding steroid dienone is 2. The van der Waals surface area contributed by atoms with Gasteiger partial charge in [0.25, 0.3) is 0 Å². The maximum atomic E-state index is 13.3. The molecule has 0 aromatic heterocycles. The molecule has 2 rings (SSSR count). The third-order valence-electron chi connectivity index (χ3n) is 5.09. The van der Waals surface area contributed by atoms with E-state index in [1.807, 2.05) is 6.07 Å². The van der Waals surface area contributed by atoms with Gasteiger partial charge in [-0.2, -0.15) is 0 Å². The molecule has 0 aliphatic carbocycles. The van der Waals surface area contributed by atoms with E-state index in [0.29, 0.717) is 12.0 Å². The average molecular weight is 392 g/mol. The van der Waals surface area contributed by atoms with Crippen LogP contribution in [0.2, 0.25) is 0 Å². The van der Waals surface area contributed by atoms with Crippen LogP contribution in [0.5, 0.6) is 0 Å². The predicted molar refractivity (Wildman–Crippen MR) is 126 cm³/mol. The summed E-state index contributed by atoms with van der Waals surface area (Å²) in [6.07, 6.45) is 7.90. The number of halogens is 1. The predicted octanol–water partition coefficient (Wildman–Crippen LogP) is 8.00. The van der Waals surface area contributed by atoms with Crippen LogP contribution in [0, 0.1) is 11.7 Å². The molecule has 0 N–H and O–H groups in total. The molecule has 0 saturated carbocycles. The summed E-state index contributed by atoms with van der Waals surface area (Å²) < 4.78 is 13.3. The second-order valence-electron chi connectivity index (χ2n) is 8.17. The van der Waals surface area contributed by atoms with Crippen molar-refractivity contribution in [1.29, 1.82) is 0 Å². The number of anilines is 1. The van der Waals surface area contributed by atoms with E-state index in [0.717, 1.165) is 35.2 Å². The first kappa shape index (κ1) is 22.7. The van der Waals surface area contributed by atoms with Crippen molar-refractivity contribution in [2.45, 2.75) is 53.0 Å². The fraction of sp³-hybridized carbons (Fsp3) is 0.333. The zero-order valence-corrected chi connectivity index (χ0v) is 18.3. The summed E-state index contributed by atoms with van der Waals surface area (Å²) in [5, 5.41) is 0. The van der Waals surface area contributed by atoms with Crippen LogP contribution in [-0.4, -0.2) is 6.04 Å². The molecule has 0 radical (unpaired) electrons. The summed E-state index contributed by atoms with van der Waals surface area (Å²) in [4.78, 5) is 2.29. The van der Waals surface area contributed by atoms with E-state index in [-0.39, 0.29) is 5.82 Å². The van der Waals surface area contributed by atoms with E-state index >= 15 is 0 Å². The van der Waals surface area contributed by atoms with E-state index in [4.69, 9.17) is 0 Å². The molecule has 0 aliphatic rings. The van der Waals surface area contributed by atoms with Gasteiger partial charge >= 0.3 is 0 Å². The molecular formula is C27H34FN. The molecule has 1 atom stereocenters. The molecule has 154 valence electrons. The van der Waals surface area contributed by atoms with Crippen molar-refractivity contribution >= 4 is 11.3 Å². The number of para-hydroxylation sites is 1. The molecule has 1 nitrogen and oxygen atoms in total. The van der Waals surface area contributed by atoms with Gasteiger partial charge in [0.15, 0.2) is 0 Å². The van der Waals surface area contributed by atoms with E-state index in [2.05, 4.69) is 76.2 Å². The summed E-state index contributed by atoms with van der Waals surface area (Å²) in [7, 11) is 0. The Morgan fingerprint density at radius 3 is 2.31 bits per heavy atom. The minimum Gasteiger partial charge on any atom is -0.345 e. The molecule has 2 aromatic rings. The highest BCUT2D eigenvalue weighted by molar-refractivity contribution is 5.85. The normalized spacial score (nSPS) is 12.3. The molecule has 0 bridgehead atoms. The summed E-state index contributed by atoms with van der Waals surface area (Å²) in [6, 6.07) is 15.1. The van der Waals surface area contributed by atoms with Crippen molar-refractivity contribution in [2.75, 3.05) is 4.90 Å². The first-order chi connectivity index (χ1) is 13.8. The first-order valence-corrected chi connectivity index (χ1v) is 10.4. The van der Waals surface area contributed by atoms with E-state index in [9.17, 15) is 4.39 Å². The number of nitrogens with zero attached hydrogens (tertiary/aromatic N) is 1. The minimum absolute atomic E-state index is 0.234. The Hall–Kier alpha value is -2.61. The number of rotatable bonds is 10. The lowest BCUT2D eigenvalue weighted by Gasteiger charge is -2.28. The van der Waals surface area contributed by atoms with Crippen LogP contribution in [0.4, 0.5) is 10.1 Å². The van der Waals surface area contributed by atoms with Gasteiger partial charge in [-0.1, -0.05) is 55.5 Å². The van der Waals surface area contributed by atoms with Crippen molar-refractivity contribution in [3.8, 4) is 0 Å². The maximum Gasteiger partial charge on any atom is 0.123 e. The molecule has 2 aromatic carbocycles. The van der Waals surface area contributed by atoms with E-state index in [1.165, 1.54) is 24.1 Å². The van der Waals surface area contributed by atoms with E-state index < -0.39 is 0 Å². The van der Waals surface area contributed by atoms with Crippen molar-refractivity contribution in [3.63, 3.8) is 0 Å². The second kappa shape index (κ2) is 10.8. The van der Waals surface area contributed by atoms with Crippen LogP contribution in [0.15, 0.2) is 79.5 Å². The summed E-state index contributed by atoms with van der Waals surface area (Å²) in [6.45, 7) is 17.0. The molecule has 0 amide bonds. The van der Waals surface area contributed by atoms with Crippen LogP contribution in [0.25, 0.3) is 5.57 Å². The van der Waals surface area contributed by atoms with Gasteiger partial charge in [0.2, 0.25) is 0 Å². The fourth-order valence-electron chi connectivity index (χ4n) is 3.35. The number of benzene rings is 2. The number of hydrogen-bond donors (Lipinski definition) is 0. The van der Waals surface area contributed by atoms with Gasteiger partial charge in [0, 0.05) is 23.5 Å². The SMILES string of the molecule is C=C(C)CCCC(C)/C=C/N(c1ccccc1C(=C)c1ccc(F)cc1)C(C)C. The molecule has 0 spiro atoms. The highest BCUT2D eigenvalue weighted by Crippen LogP contribution is 2.32. The van der Waals surface area contributed by atoms with Crippen molar-refractivity contribution in [1.82, 2.24) is 0 Å². The van der Waals surface area contributed by atoms with Gasteiger partial charge in [-0.25, -0.2) is 4.39 Å². The van der Waals surface area contributed by atoms with Gasteiger partial charge < -0.3 is 4.90 Å².